The van der Waals surface area contributed by atoms with Crippen LogP contribution in [0.1, 0.15) is 31.9 Å². The van der Waals surface area contributed by atoms with E-state index in [0.29, 0.717) is 0 Å². The number of hydrogen-bond donors (Lipinski definition) is 1. The highest BCUT2D eigenvalue weighted by Gasteiger charge is 2.09. The summed E-state index contributed by atoms with van der Waals surface area (Å²) in [7, 11) is 0. The van der Waals surface area contributed by atoms with Crippen LogP contribution in [-0.4, -0.2) is 6.04 Å². The molecule has 0 aliphatic carbocycles. The number of nitrogens with one attached hydrogen (secondary N) is 1. The van der Waals surface area contributed by atoms with Crippen LogP contribution in [0.3, 0.4) is 0 Å². The Kier molecular flexibility index (Phi) is 4.02. The number of hydrogen-bond acceptors (Lipinski definition) is 1. The van der Waals surface area contributed by atoms with E-state index >= 15 is 0 Å². The first-order valence-electron chi connectivity index (χ1n) is 6.45. The highest BCUT2D eigenvalue weighted by Crippen LogP contribution is 2.20. The molecule has 0 saturated heterocycles. The summed E-state index contributed by atoms with van der Waals surface area (Å²) in [6.45, 7) is 4.26. The average molecular weight is 237 g/mol. The van der Waals surface area contributed by atoms with Gasteiger partial charge in [-0.15, -0.1) is 6.42 Å². The maximum atomic E-state index is 5.49. The van der Waals surface area contributed by atoms with E-state index in [1.54, 1.807) is 0 Å². The van der Waals surface area contributed by atoms with Crippen molar-refractivity contribution in [2.45, 2.75) is 32.4 Å². The monoisotopic (exact) mass is 237 g/mol. The summed E-state index contributed by atoms with van der Waals surface area (Å²) >= 11 is 0. The van der Waals surface area contributed by atoms with Crippen molar-refractivity contribution in [3.63, 3.8) is 0 Å². The zero-order valence-corrected chi connectivity index (χ0v) is 11.0. The molecule has 0 aliphatic heterocycles. The zero-order valence-electron chi connectivity index (χ0n) is 11.0. The van der Waals surface area contributed by atoms with Crippen LogP contribution in [0.5, 0.6) is 0 Å². The van der Waals surface area contributed by atoms with Gasteiger partial charge >= 0.3 is 0 Å². The first-order chi connectivity index (χ1) is 8.74. The molecule has 18 heavy (non-hydrogen) atoms. The van der Waals surface area contributed by atoms with Gasteiger partial charge in [0.2, 0.25) is 0 Å². The Labute approximate surface area is 109 Å². The lowest BCUT2D eigenvalue weighted by Crippen LogP contribution is -2.29. The first kappa shape index (κ1) is 12.7. The van der Waals surface area contributed by atoms with E-state index in [2.05, 4.69) is 67.5 Å². The summed E-state index contributed by atoms with van der Waals surface area (Å²) < 4.78 is 0. The first-order valence-corrected chi connectivity index (χ1v) is 6.45. The molecule has 2 aromatic carbocycles. The zero-order chi connectivity index (χ0) is 13.0. The predicted molar refractivity (Wildman–Crippen MR) is 78.4 cm³/mol. The van der Waals surface area contributed by atoms with Crippen LogP contribution in [0, 0.1) is 12.3 Å². The summed E-state index contributed by atoms with van der Waals surface area (Å²) in [6, 6.07) is 15.4. The van der Waals surface area contributed by atoms with Crippen molar-refractivity contribution in [1.29, 1.82) is 0 Å². The predicted octanol–water partition coefficient (Wildman–Crippen LogP) is 3.90. The lowest BCUT2D eigenvalue weighted by atomic mass is 10.0. The maximum Gasteiger partial charge on any atom is 0.0688 e. The number of benzene rings is 2. The van der Waals surface area contributed by atoms with E-state index in [1.807, 2.05) is 0 Å². The summed E-state index contributed by atoms with van der Waals surface area (Å²) in [4.78, 5) is 0. The van der Waals surface area contributed by atoms with E-state index in [-0.39, 0.29) is 12.1 Å². The van der Waals surface area contributed by atoms with E-state index in [9.17, 15) is 0 Å². The third-order valence-corrected chi connectivity index (χ3v) is 3.33. The Hall–Kier alpha value is -1.78. The Morgan fingerprint density at radius 2 is 1.89 bits per heavy atom. The van der Waals surface area contributed by atoms with Gasteiger partial charge in [0, 0.05) is 6.04 Å². The fourth-order valence-corrected chi connectivity index (χ4v) is 2.16. The van der Waals surface area contributed by atoms with Gasteiger partial charge in [0.1, 0.15) is 0 Å². The molecule has 0 aliphatic rings. The molecule has 0 amide bonds. The summed E-state index contributed by atoms with van der Waals surface area (Å²) in [5, 5.41) is 6.01. The molecule has 1 heteroatoms. The molecule has 1 nitrogen and oxygen atoms in total. The van der Waals surface area contributed by atoms with Crippen molar-refractivity contribution in [2.75, 3.05) is 0 Å². The van der Waals surface area contributed by atoms with Crippen LogP contribution >= 0.6 is 0 Å². The van der Waals surface area contributed by atoms with Crippen LogP contribution in [0.2, 0.25) is 0 Å². The molecule has 0 radical (unpaired) electrons. The Morgan fingerprint density at radius 1 is 1.17 bits per heavy atom. The van der Waals surface area contributed by atoms with Gasteiger partial charge in [0.15, 0.2) is 0 Å². The fourth-order valence-electron chi connectivity index (χ4n) is 2.16. The van der Waals surface area contributed by atoms with E-state index in [0.717, 1.165) is 6.42 Å². The second-order valence-corrected chi connectivity index (χ2v) is 4.62. The van der Waals surface area contributed by atoms with Crippen molar-refractivity contribution < 1.29 is 0 Å². The molecule has 0 fully saturated rings. The van der Waals surface area contributed by atoms with Crippen molar-refractivity contribution in [3.8, 4) is 12.3 Å². The second kappa shape index (κ2) is 5.71. The van der Waals surface area contributed by atoms with Gasteiger partial charge in [0.05, 0.1) is 6.04 Å². The van der Waals surface area contributed by atoms with Gasteiger partial charge in [0.25, 0.3) is 0 Å². The molecule has 0 aromatic heterocycles. The minimum absolute atomic E-state index is 0.145. The van der Waals surface area contributed by atoms with E-state index < -0.39 is 0 Å². The van der Waals surface area contributed by atoms with E-state index in [1.165, 1.54) is 16.3 Å². The molecule has 0 spiro atoms. The minimum Gasteiger partial charge on any atom is -0.297 e. The molecule has 92 valence electrons. The topological polar surface area (TPSA) is 12.0 Å². The highest BCUT2D eigenvalue weighted by atomic mass is 14.9. The van der Waals surface area contributed by atoms with Crippen LogP contribution in [0.4, 0.5) is 0 Å². The summed E-state index contributed by atoms with van der Waals surface area (Å²) in [5.74, 6) is 2.78. The average Bonchev–Trinajstić information content (AvgIpc) is 2.44. The number of terminal acetylenes is 1. The largest absolute Gasteiger partial charge is 0.297 e. The van der Waals surface area contributed by atoms with Gasteiger partial charge in [-0.2, -0.15) is 0 Å². The number of rotatable bonds is 4. The van der Waals surface area contributed by atoms with Crippen molar-refractivity contribution >= 4 is 10.8 Å². The molecule has 2 atom stereocenters. The van der Waals surface area contributed by atoms with Crippen LogP contribution in [0.15, 0.2) is 42.5 Å². The normalized spacial score (nSPS) is 14.1. The lowest BCUT2D eigenvalue weighted by Gasteiger charge is -2.19. The lowest BCUT2D eigenvalue weighted by molar-refractivity contribution is 0.512. The van der Waals surface area contributed by atoms with Crippen LogP contribution in [0.25, 0.3) is 10.8 Å². The van der Waals surface area contributed by atoms with Gasteiger partial charge in [-0.25, -0.2) is 0 Å². The molecule has 0 bridgehead atoms. The molecule has 2 rings (SSSR count). The molecule has 2 aromatic rings. The quantitative estimate of drug-likeness (QED) is 0.795. The highest BCUT2D eigenvalue weighted by molar-refractivity contribution is 5.83. The smallest absolute Gasteiger partial charge is 0.0688 e. The van der Waals surface area contributed by atoms with Gasteiger partial charge in [-0.1, -0.05) is 49.2 Å². The summed E-state index contributed by atoms with van der Waals surface area (Å²) in [6.07, 6.45) is 6.44. The Morgan fingerprint density at radius 3 is 2.56 bits per heavy atom. The number of fused-ring (bicyclic) bond motifs is 1. The minimum atomic E-state index is 0.145. The van der Waals surface area contributed by atoms with Crippen molar-refractivity contribution in [3.05, 3.63) is 48.0 Å². The molecule has 2 unspecified atom stereocenters. The summed E-state index contributed by atoms with van der Waals surface area (Å²) in [5.41, 5.74) is 1.28. The molecule has 1 N–H and O–H groups in total. The third kappa shape index (κ3) is 2.72. The van der Waals surface area contributed by atoms with Crippen molar-refractivity contribution in [1.82, 2.24) is 5.32 Å². The van der Waals surface area contributed by atoms with Gasteiger partial charge < -0.3 is 0 Å². The molecular formula is C17H19N. The van der Waals surface area contributed by atoms with Gasteiger partial charge in [-0.05, 0) is 35.7 Å². The van der Waals surface area contributed by atoms with Gasteiger partial charge in [-0.3, -0.25) is 5.32 Å². The fraction of sp³-hybridized carbons (Fsp3) is 0.294. The third-order valence-electron chi connectivity index (χ3n) is 3.33. The second-order valence-electron chi connectivity index (χ2n) is 4.62. The van der Waals surface area contributed by atoms with Crippen molar-refractivity contribution in [2.24, 2.45) is 0 Å². The SMILES string of the molecule is C#CC(CC)NC(C)c1ccc2ccccc2c1. The molecule has 0 heterocycles. The molecule has 0 saturated carbocycles. The standard InChI is InChI=1S/C17H19N/c1-4-17(5-2)18-13(3)15-11-10-14-8-6-7-9-16(14)12-15/h1,6-13,17-18H,5H2,2-3H3. The Bertz CT molecular complexity index is 565. The maximum absolute atomic E-state index is 5.49. The molecular weight excluding hydrogens is 218 g/mol. The van der Waals surface area contributed by atoms with Crippen LogP contribution in [-0.2, 0) is 0 Å². The Balaban J connectivity index is 2.23. The van der Waals surface area contributed by atoms with Crippen LogP contribution < -0.4 is 5.32 Å². The van der Waals surface area contributed by atoms with E-state index in [4.69, 9.17) is 6.42 Å².